The number of nitrogens with zero attached hydrogens (tertiary/aromatic N) is 2. The first-order chi connectivity index (χ1) is 16.5. The number of fused-ring (bicyclic) bond motifs is 1. The van der Waals surface area contributed by atoms with E-state index in [1.54, 1.807) is 43.6 Å². The predicted molar refractivity (Wildman–Crippen MR) is 125 cm³/mol. The largest absolute Gasteiger partial charge is 0.507 e. The maximum Gasteiger partial charge on any atom is 0.296 e. The number of amides is 1. The third-order valence-corrected chi connectivity index (χ3v) is 6.16. The lowest BCUT2D eigenvalue weighted by Gasteiger charge is -2.24. The van der Waals surface area contributed by atoms with E-state index in [9.17, 15) is 14.7 Å². The molecule has 172 valence electrons. The fourth-order valence-corrected chi connectivity index (χ4v) is 4.58. The van der Waals surface area contributed by atoms with Gasteiger partial charge in [-0.1, -0.05) is 18.2 Å². The minimum absolute atomic E-state index is 0.0264. The standard InChI is InChI=1S/C27H24N2O5/c1-16-12-19-14-18(9-10-22(19)34-16)25(30)23-24(21-8-3-4-11-28-21)29(27(32)26(23)31)15-17-6-5-7-20(13-17)33-2/h3-11,13-14,16,24,30H,12,15H2,1-2H3/b25-23-. The third kappa shape index (κ3) is 3.79. The van der Waals surface area contributed by atoms with Crippen LogP contribution in [0.2, 0.25) is 0 Å². The van der Waals surface area contributed by atoms with Gasteiger partial charge in [-0.3, -0.25) is 14.6 Å². The van der Waals surface area contributed by atoms with E-state index in [-0.39, 0.29) is 24.0 Å². The Balaban J connectivity index is 1.60. The van der Waals surface area contributed by atoms with E-state index >= 15 is 0 Å². The minimum atomic E-state index is -0.823. The summed E-state index contributed by atoms with van der Waals surface area (Å²) in [6, 6.07) is 17.1. The zero-order valence-electron chi connectivity index (χ0n) is 18.9. The van der Waals surface area contributed by atoms with E-state index in [1.807, 2.05) is 37.3 Å². The average Bonchev–Trinajstić information content (AvgIpc) is 3.35. The Morgan fingerprint density at radius 1 is 1.15 bits per heavy atom. The molecule has 2 aliphatic rings. The molecule has 2 unspecified atom stereocenters. The van der Waals surface area contributed by atoms with Crippen molar-refractivity contribution in [3.8, 4) is 11.5 Å². The number of pyridine rings is 1. The van der Waals surface area contributed by atoms with Gasteiger partial charge in [0.2, 0.25) is 0 Å². The molecule has 7 nitrogen and oxygen atoms in total. The molecule has 0 radical (unpaired) electrons. The summed E-state index contributed by atoms with van der Waals surface area (Å²) in [4.78, 5) is 32.3. The van der Waals surface area contributed by atoms with E-state index in [1.165, 1.54) is 4.90 Å². The summed E-state index contributed by atoms with van der Waals surface area (Å²) < 4.78 is 11.0. The van der Waals surface area contributed by atoms with Crippen LogP contribution in [0.3, 0.4) is 0 Å². The molecule has 3 aromatic rings. The summed E-state index contributed by atoms with van der Waals surface area (Å²) in [6.45, 7) is 2.14. The Morgan fingerprint density at radius 2 is 2.00 bits per heavy atom. The molecule has 2 aliphatic heterocycles. The summed E-state index contributed by atoms with van der Waals surface area (Å²) in [5.41, 5.74) is 2.75. The van der Waals surface area contributed by atoms with Gasteiger partial charge in [-0.15, -0.1) is 0 Å². The number of hydrogen-bond donors (Lipinski definition) is 1. The number of rotatable bonds is 5. The van der Waals surface area contributed by atoms with Crippen molar-refractivity contribution in [2.75, 3.05) is 7.11 Å². The number of aromatic nitrogens is 1. The molecule has 0 spiro atoms. The number of aliphatic hydroxyl groups excluding tert-OH is 1. The molecule has 1 N–H and O–H groups in total. The Labute approximate surface area is 197 Å². The number of likely N-dealkylation sites (tertiary alicyclic amines) is 1. The van der Waals surface area contributed by atoms with Crippen LogP contribution in [0.15, 0.2) is 72.4 Å². The lowest BCUT2D eigenvalue weighted by atomic mass is 9.96. The van der Waals surface area contributed by atoms with E-state index in [0.717, 1.165) is 16.9 Å². The third-order valence-electron chi connectivity index (χ3n) is 6.16. The van der Waals surface area contributed by atoms with Gasteiger partial charge in [0, 0.05) is 24.7 Å². The molecule has 0 saturated carbocycles. The molecule has 0 bridgehead atoms. The van der Waals surface area contributed by atoms with Crippen LogP contribution in [0.25, 0.3) is 5.76 Å². The molecular weight excluding hydrogens is 432 g/mol. The molecule has 1 saturated heterocycles. The highest BCUT2D eigenvalue weighted by Gasteiger charge is 2.46. The maximum absolute atomic E-state index is 13.2. The van der Waals surface area contributed by atoms with Crippen molar-refractivity contribution in [1.82, 2.24) is 9.88 Å². The van der Waals surface area contributed by atoms with Gasteiger partial charge in [0.15, 0.2) is 0 Å². The van der Waals surface area contributed by atoms with Gasteiger partial charge in [-0.2, -0.15) is 0 Å². The second-order valence-corrected chi connectivity index (χ2v) is 8.49. The topological polar surface area (TPSA) is 89.0 Å². The van der Waals surface area contributed by atoms with Crippen molar-refractivity contribution < 1.29 is 24.2 Å². The molecule has 1 fully saturated rings. The quantitative estimate of drug-likeness (QED) is 0.354. The maximum atomic E-state index is 13.2. The van der Waals surface area contributed by atoms with Crippen molar-refractivity contribution in [2.24, 2.45) is 0 Å². The Hall–Kier alpha value is -4.13. The number of hydrogen-bond acceptors (Lipinski definition) is 6. The molecule has 1 aromatic heterocycles. The van der Waals surface area contributed by atoms with Crippen LogP contribution in [-0.2, 0) is 22.6 Å². The predicted octanol–water partition coefficient (Wildman–Crippen LogP) is 4.04. The highest BCUT2D eigenvalue weighted by molar-refractivity contribution is 6.46. The lowest BCUT2D eigenvalue weighted by molar-refractivity contribution is -0.140. The van der Waals surface area contributed by atoms with Gasteiger partial charge in [-0.05, 0) is 60.5 Å². The van der Waals surface area contributed by atoms with Crippen molar-refractivity contribution >= 4 is 17.4 Å². The van der Waals surface area contributed by atoms with E-state index in [0.29, 0.717) is 23.4 Å². The number of ketones is 1. The van der Waals surface area contributed by atoms with Gasteiger partial charge in [-0.25, -0.2) is 0 Å². The summed E-state index contributed by atoms with van der Waals surface area (Å²) in [7, 11) is 1.57. The summed E-state index contributed by atoms with van der Waals surface area (Å²) in [5, 5.41) is 11.3. The fourth-order valence-electron chi connectivity index (χ4n) is 4.58. The van der Waals surface area contributed by atoms with E-state index < -0.39 is 17.7 Å². The highest BCUT2D eigenvalue weighted by Crippen LogP contribution is 2.40. The van der Waals surface area contributed by atoms with Crippen molar-refractivity contribution in [3.63, 3.8) is 0 Å². The number of carbonyl (C=O) groups excluding carboxylic acids is 2. The normalized spacial score (nSPS) is 20.8. The molecule has 3 heterocycles. The Kier molecular flexibility index (Phi) is 5.53. The SMILES string of the molecule is COc1cccc(CN2C(=O)C(=O)/C(=C(\O)c3ccc4c(c3)CC(C)O4)C2c2ccccn2)c1. The van der Waals surface area contributed by atoms with Crippen molar-refractivity contribution in [3.05, 3.63) is 94.8 Å². The molecule has 7 heteroatoms. The smallest absolute Gasteiger partial charge is 0.296 e. The Bertz CT molecular complexity index is 1300. The highest BCUT2D eigenvalue weighted by atomic mass is 16.5. The van der Waals surface area contributed by atoms with E-state index in [2.05, 4.69) is 4.98 Å². The van der Waals surface area contributed by atoms with Gasteiger partial charge < -0.3 is 19.5 Å². The van der Waals surface area contributed by atoms with Gasteiger partial charge >= 0.3 is 0 Å². The van der Waals surface area contributed by atoms with E-state index in [4.69, 9.17) is 9.47 Å². The van der Waals surface area contributed by atoms with Crippen LogP contribution in [0.1, 0.15) is 35.3 Å². The first kappa shape index (κ1) is 21.7. The molecule has 0 aliphatic carbocycles. The zero-order chi connectivity index (χ0) is 23.8. The van der Waals surface area contributed by atoms with Crippen LogP contribution in [0.5, 0.6) is 11.5 Å². The molecule has 1 amide bonds. The first-order valence-electron chi connectivity index (χ1n) is 11.1. The molecule has 2 aromatic carbocycles. The molecule has 2 atom stereocenters. The first-order valence-corrected chi connectivity index (χ1v) is 11.1. The molecule has 5 rings (SSSR count). The number of benzene rings is 2. The monoisotopic (exact) mass is 456 g/mol. The van der Waals surface area contributed by atoms with Crippen LogP contribution in [0, 0.1) is 0 Å². The second-order valence-electron chi connectivity index (χ2n) is 8.49. The fraction of sp³-hybridized carbons (Fsp3) is 0.222. The number of aliphatic hydroxyl groups is 1. The summed E-state index contributed by atoms with van der Waals surface area (Å²) in [5.74, 6) is -0.217. The van der Waals surface area contributed by atoms with Crippen LogP contribution >= 0.6 is 0 Å². The molecular formula is C27H24N2O5. The number of ether oxygens (including phenoxy) is 2. The van der Waals surface area contributed by atoms with Gasteiger partial charge in [0.05, 0.1) is 18.4 Å². The number of methoxy groups -OCH3 is 1. The Morgan fingerprint density at radius 3 is 2.76 bits per heavy atom. The van der Waals surface area contributed by atoms with Gasteiger partial charge in [0.1, 0.15) is 29.4 Å². The average molecular weight is 456 g/mol. The second kappa shape index (κ2) is 8.67. The summed E-state index contributed by atoms with van der Waals surface area (Å²) >= 11 is 0. The van der Waals surface area contributed by atoms with Crippen molar-refractivity contribution in [1.29, 1.82) is 0 Å². The van der Waals surface area contributed by atoms with Crippen LogP contribution in [0.4, 0.5) is 0 Å². The number of Topliss-reactive ketones (excluding diaryl/α,β-unsaturated/α-hetero) is 1. The van der Waals surface area contributed by atoms with Gasteiger partial charge in [0.25, 0.3) is 11.7 Å². The number of carbonyl (C=O) groups is 2. The minimum Gasteiger partial charge on any atom is -0.507 e. The van der Waals surface area contributed by atoms with Crippen LogP contribution in [-0.4, -0.2) is 39.9 Å². The molecule has 34 heavy (non-hydrogen) atoms. The lowest BCUT2D eigenvalue weighted by Crippen LogP contribution is -2.29. The van der Waals surface area contributed by atoms with Crippen LogP contribution < -0.4 is 9.47 Å². The van der Waals surface area contributed by atoms with Crippen molar-refractivity contribution in [2.45, 2.75) is 32.0 Å². The summed E-state index contributed by atoms with van der Waals surface area (Å²) in [6.07, 6.45) is 2.37. The zero-order valence-corrected chi connectivity index (χ0v) is 18.9.